The summed E-state index contributed by atoms with van der Waals surface area (Å²) >= 11 is 0. The van der Waals surface area contributed by atoms with Crippen molar-refractivity contribution in [2.45, 2.75) is 40.2 Å². The van der Waals surface area contributed by atoms with Crippen molar-refractivity contribution >= 4 is 5.91 Å². The predicted octanol–water partition coefficient (Wildman–Crippen LogP) is 2.38. The van der Waals surface area contributed by atoms with Gasteiger partial charge in [-0.3, -0.25) is 4.79 Å². The van der Waals surface area contributed by atoms with Gasteiger partial charge in [0.15, 0.2) is 0 Å². The van der Waals surface area contributed by atoms with Gasteiger partial charge in [-0.25, -0.2) is 0 Å². The van der Waals surface area contributed by atoms with Crippen LogP contribution in [0, 0.1) is 12.3 Å². The molecule has 0 saturated heterocycles. The first-order valence-electron chi connectivity index (χ1n) is 6.62. The standard InChI is InChI=1S/C15H24N2O/c1-4-15(5-2,11-16)14(18)17-10-13-9-7-6-8-12(13)3/h6-9H,4-5,10-11,16H2,1-3H3,(H,17,18). The van der Waals surface area contributed by atoms with Crippen molar-refractivity contribution in [1.82, 2.24) is 5.32 Å². The van der Waals surface area contributed by atoms with Crippen molar-refractivity contribution in [2.75, 3.05) is 6.54 Å². The zero-order valence-electron chi connectivity index (χ0n) is 11.6. The molecule has 18 heavy (non-hydrogen) atoms. The van der Waals surface area contributed by atoms with Gasteiger partial charge in [0.2, 0.25) is 5.91 Å². The fraction of sp³-hybridized carbons (Fsp3) is 0.533. The number of hydrogen-bond acceptors (Lipinski definition) is 2. The first kappa shape index (κ1) is 14.7. The number of benzene rings is 1. The Morgan fingerprint density at radius 3 is 2.39 bits per heavy atom. The monoisotopic (exact) mass is 248 g/mol. The van der Waals surface area contributed by atoms with Gasteiger partial charge in [0.25, 0.3) is 0 Å². The Balaban J connectivity index is 2.69. The number of nitrogens with two attached hydrogens (primary N) is 1. The third-order valence-corrected chi connectivity index (χ3v) is 3.93. The lowest BCUT2D eigenvalue weighted by Crippen LogP contribution is -2.45. The summed E-state index contributed by atoms with van der Waals surface area (Å²) in [7, 11) is 0. The van der Waals surface area contributed by atoms with Crippen LogP contribution in [0.1, 0.15) is 37.8 Å². The van der Waals surface area contributed by atoms with Crippen molar-refractivity contribution in [3.05, 3.63) is 35.4 Å². The highest BCUT2D eigenvalue weighted by molar-refractivity contribution is 5.82. The van der Waals surface area contributed by atoms with Crippen molar-refractivity contribution in [1.29, 1.82) is 0 Å². The lowest BCUT2D eigenvalue weighted by Gasteiger charge is -2.28. The number of hydrogen-bond donors (Lipinski definition) is 2. The molecule has 0 bridgehead atoms. The second-order valence-electron chi connectivity index (χ2n) is 4.80. The van der Waals surface area contributed by atoms with Crippen LogP contribution in [0.5, 0.6) is 0 Å². The first-order chi connectivity index (χ1) is 8.59. The molecule has 3 nitrogen and oxygen atoms in total. The smallest absolute Gasteiger partial charge is 0.227 e. The number of nitrogens with one attached hydrogen (secondary N) is 1. The Hall–Kier alpha value is -1.35. The van der Waals surface area contributed by atoms with Crippen LogP contribution < -0.4 is 11.1 Å². The number of carbonyl (C=O) groups excluding carboxylic acids is 1. The van der Waals surface area contributed by atoms with E-state index in [2.05, 4.69) is 18.3 Å². The summed E-state index contributed by atoms with van der Waals surface area (Å²) in [5, 5.41) is 3.01. The second-order valence-corrected chi connectivity index (χ2v) is 4.80. The number of aryl methyl sites for hydroxylation is 1. The normalized spacial score (nSPS) is 11.3. The molecular formula is C15H24N2O. The molecule has 3 heteroatoms. The topological polar surface area (TPSA) is 55.1 Å². The van der Waals surface area contributed by atoms with Gasteiger partial charge in [-0.15, -0.1) is 0 Å². The molecule has 1 aromatic carbocycles. The number of rotatable bonds is 6. The van der Waals surface area contributed by atoms with Crippen LogP contribution in [-0.2, 0) is 11.3 Å². The Morgan fingerprint density at radius 2 is 1.89 bits per heavy atom. The maximum atomic E-state index is 12.3. The zero-order chi connectivity index (χ0) is 13.6. The van der Waals surface area contributed by atoms with Crippen LogP contribution in [0.3, 0.4) is 0 Å². The Labute approximate surface area is 110 Å². The Morgan fingerprint density at radius 1 is 1.28 bits per heavy atom. The van der Waals surface area contributed by atoms with Crippen LogP contribution >= 0.6 is 0 Å². The minimum absolute atomic E-state index is 0.0678. The molecule has 1 rings (SSSR count). The molecule has 3 N–H and O–H groups in total. The van der Waals surface area contributed by atoms with E-state index in [-0.39, 0.29) is 5.91 Å². The van der Waals surface area contributed by atoms with Gasteiger partial charge >= 0.3 is 0 Å². The average Bonchev–Trinajstić information content (AvgIpc) is 2.40. The predicted molar refractivity (Wildman–Crippen MR) is 75.1 cm³/mol. The summed E-state index contributed by atoms with van der Waals surface area (Å²) in [6, 6.07) is 8.09. The summed E-state index contributed by atoms with van der Waals surface area (Å²) in [6.45, 7) is 7.07. The van der Waals surface area contributed by atoms with E-state index in [1.54, 1.807) is 0 Å². The van der Waals surface area contributed by atoms with Gasteiger partial charge in [0.1, 0.15) is 0 Å². The molecule has 0 aliphatic heterocycles. The van der Waals surface area contributed by atoms with E-state index in [4.69, 9.17) is 5.73 Å². The summed E-state index contributed by atoms with van der Waals surface area (Å²) in [5.74, 6) is 0.0678. The molecule has 1 aromatic rings. The SMILES string of the molecule is CCC(CC)(CN)C(=O)NCc1ccccc1C. The van der Waals surface area contributed by atoms with E-state index in [0.29, 0.717) is 13.1 Å². The molecule has 0 radical (unpaired) electrons. The molecule has 1 amide bonds. The van der Waals surface area contributed by atoms with Crippen molar-refractivity contribution in [3.8, 4) is 0 Å². The van der Waals surface area contributed by atoms with E-state index in [1.807, 2.05) is 32.0 Å². The summed E-state index contributed by atoms with van der Waals surface area (Å²) in [6.07, 6.45) is 1.55. The Bertz CT molecular complexity index is 389. The maximum Gasteiger partial charge on any atom is 0.227 e. The highest BCUT2D eigenvalue weighted by atomic mass is 16.2. The molecule has 0 aromatic heterocycles. The maximum absolute atomic E-state index is 12.3. The lowest BCUT2D eigenvalue weighted by atomic mass is 9.81. The van der Waals surface area contributed by atoms with E-state index >= 15 is 0 Å². The van der Waals surface area contributed by atoms with Gasteiger partial charge in [-0.05, 0) is 30.9 Å². The minimum atomic E-state index is -0.414. The molecule has 100 valence electrons. The largest absolute Gasteiger partial charge is 0.351 e. The lowest BCUT2D eigenvalue weighted by molar-refractivity contribution is -0.131. The third kappa shape index (κ3) is 3.10. The Kier molecular flexibility index (Phi) is 5.35. The zero-order valence-corrected chi connectivity index (χ0v) is 11.6. The molecule has 0 unspecified atom stereocenters. The average molecular weight is 248 g/mol. The van der Waals surface area contributed by atoms with Crippen LogP contribution in [0.2, 0.25) is 0 Å². The quantitative estimate of drug-likeness (QED) is 0.812. The van der Waals surface area contributed by atoms with Crippen LogP contribution in [0.15, 0.2) is 24.3 Å². The van der Waals surface area contributed by atoms with Crippen molar-refractivity contribution in [3.63, 3.8) is 0 Å². The van der Waals surface area contributed by atoms with Crippen LogP contribution in [0.4, 0.5) is 0 Å². The third-order valence-electron chi connectivity index (χ3n) is 3.93. The van der Waals surface area contributed by atoms with Crippen molar-refractivity contribution < 1.29 is 4.79 Å². The fourth-order valence-corrected chi connectivity index (χ4v) is 2.12. The van der Waals surface area contributed by atoms with E-state index in [9.17, 15) is 4.79 Å². The van der Waals surface area contributed by atoms with E-state index in [1.165, 1.54) is 5.56 Å². The van der Waals surface area contributed by atoms with Gasteiger partial charge in [-0.1, -0.05) is 38.1 Å². The number of amides is 1. The summed E-state index contributed by atoms with van der Waals surface area (Å²) in [5.41, 5.74) is 7.71. The van der Waals surface area contributed by atoms with Gasteiger partial charge < -0.3 is 11.1 Å². The van der Waals surface area contributed by atoms with Gasteiger partial charge in [0, 0.05) is 13.1 Å². The fourth-order valence-electron chi connectivity index (χ4n) is 2.12. The highest BCUT2D eigenvalue weighted by Gasteiger charge is 2.32. The molecule has 0 fully saturated rings. The minimum Gasteiger partial charge on any atom is -0.351 e. The van der Waals surface area contributed by atoms with E-state index < -0.39 is 5.41 Å². The number of carbonyl (C=O) groups is 1. The van der Waals surface area contributed by atoms with E-state index in [0.717, 1.165) is 18.4 Å². The van der Waals surface area contributed by atoms with Crippen molar-refractivity contribution in [2.24, 2.45) is 11.1 Å². The molecule has 0 atom stereocenters. The molecular weight excluding hydrogens is 224 g/mol. The second kappa shape index (κ2) is 6.55. The van der Waals surface area contributed by atoms with Gasteiger partial charge in [-0.2, -0.15) is 0 Å². The van der Waals surface area contributed by atoms with Gasteiger partial charge in [0.05, 0.1) is 5.41 Å². The van der Waals surface area contributed by atoms with Crippen LogP contribution in [0.25, 0.3) is 0 Å². The molecule has 0 heterocycles. The summed E-state index contributed by atoms with van der Waals surface area (Å²) < 4.78 is 0. The molecule has 0 aliphatic carbocycles. The first-order valence-corrected chi connectivity index (χ1v) is 6.62. The van der Waals surface area contributed by atoms with Crippen LogP contribution in [-0.4, -0.2) is 12.5 Å². The molecule has 0 saturated carbocycles. The summed E-state index contributed by atoms with van der Waals surface area (Å²) in [4.78, 5) is 12.3. The highest BCUT2D eigenvalue weighted by Crippen LogP contribution is 2.25. The molecule has 0 spiro atoms. The molecule has 0 aliphatic rings.